The molecular formula is C29H33ClFN5. The minimum absolute atomic E-state index is 0.0431. The molecule has 4 rings (SSSR count). The standard InChI is InChI=1S/C29H33ClFN5/c1-4-5-10-20(11-9-16-31)28(32)36-35-19(2)26-18-24-23-14-6-7-15-25(23)33-27(24)29(3,34-26)21-12-8-13-22(30)17-21/h5-17,19,26,33-35H,4,18H2,1-3H3,(H2,32,36)/b10-5-,16-9+,20-11+/t19?,26-,29?/m1/s1. The summed E-state index contributed by atoms with van der Waals surface area (Å²) in [6.45, 7) is 6.29. The Morgan fingerprint density at radius 2 is 2.11 bits per heavy atom. The zero-order valence-electron chi connectivity index (χ0n) is 20.9. The number of benzene rings is 2. The Morgan fingerprint density at radius 3 is 2.86 bits per heavy atom. The molecule has 0 aliphatic carbocycles. The van der Waals surface area contributed by atoms with Crippen molar-refractivity contribution in [2.45, 2.75) is 51.2 Å². The molecule has 0 bridgehead atoms. The first kappa shape index (κ1) is 25.7. The molecule has 1 aliphatic heterocycles. The average molecular weight is 506 g/mol. The summed E-state index contributed by atoms with van der Waals surface area (Å²) in [5, 5.41) is 10.2. The minimum Gasteiger partial charge on any atom is -0.382 e. The Balaban J connectivity index is 1.68. The maximum absolute atomic E-state index is 12.6. The van der Waals surface area contributed by atoms with Crippen LogP contribution in [-0.4, -0.2) is 22.9 Å². The molecular weight excluding hydrogens is 473 g/mol. The predicted octanol–water partition coefficient (Wildman–Crippen LogP) is 6.23. The van der Waals surface area contributed by atoms with Gasteiger partial charge in [0.25, 0.3) is 0 Å². The van der Waals surface area contributed by atoms with Crippen molar-refractivity contribution in [1.82, 2.24) is 15.7 Å². The molecule has 2 aromatic carbocycles. The maximum Gasteiger partial charge on any atom is 0.150 e. The van der Waals surface area contributed by atoms with E-state index >= 15 is 0 Å². The lowest BCUT2D eigenvalue weighted by atomic mass is 9.79. The molecule has 188 valence electrons. The van der Waals surface area contributed by atoms with Crippen molar-refractivity contribution < 1.29 is 4.39 Å². The van der Waals surface area contributed by atoms with Crippen LogP contribution in [0.1, 0.15) is 44.0 Å². The van der Waals surface area contributed by atoms with Gasteiger partial charge in [0.05, 0.1) is 17.9 Å². The third-order valence-corrected chi connectivity index (χ3v) is 7.02. The molecule has 0 radical (unpaired) electrons. The van der Waals surface area contributed by atoms with E-state index < -0.39 is 5.54 Å². The summed E-state index contributed by atoms with van der Waals surface area (Å²) in [5.41, 5.74) is 14.2. The highest BCUT2D eigenvalue weighted by Gasteiger charge is 2.41. The highest BCUT2D eigenvalue weighted by Crippen LogP contribution is 2.40. The number of hydrogen-bond donors (Lipinski definition) is 4. The summed E-state index contributed by atoms with van der Waals surface area (Å²) in [5.74, 6) is 0.297. The number of amidine groups is 1. The number of nitrogens with zero attached hydrogens (tertiary/aromatic N) is 1. The third-order valence-electron chi connectivity index (χ3n) is 6.78. The van der Waals surface area contributed by atoms with E-state index in [1.165, 1.54) is 17.0 Å². The fourth-order valence-corrected chi connectivity index (χ4v) is 5.01. The van der Waals surface area contributed by atoms with Gasteiger partial charge in [-0.15, -0.1) is 0 Å². The first-order chi connectivity index (χ1) is 17.4. The monoisotopic (exact) mass is 505 g/mol. The Kier molecular flexibility index (Phi) is 7.97. The molecule has 0 amide bonds. The SMILES string of the molecule is CC\C=C/C(=C\C=C\F)C(/N)=N/NC(C)[C@H]1Cc2c([nH]c3ccccc23)C(C)(c2cccc(Cl)c2)N1. The van der Waals surface area contributed by atoms with Crippen molar-refractivity contribution in [2.75, 3.05) is 0 Å². The van der Waals surface area contributed by atoms with Gasteiger partial charge < -0.3 is 16.1 Å². The van der Waals surface area contributed by atoms with Crippen molar-refractivity contribution in [3.63, 3.8) is 0 Å². The molecule has 2 unspecified atom stereocenters. The highest BCUT2D eigenvalue weighted by atomic mass is 35.5. The van der Waals surface area contributed by atoms with Gasteiger partial charge in [-0.2, -0.15) is 5.10 Å². The van der Waals surface area contributed by atoms with Gasteiger partial charge >= 0.3 is 0 Å². The lowest BCUT2D eigenvalue weighted by molar-refractivity contribution is 0.284. The number of nitrogens with one attached hydrogen (secondary N) is 3. The highest BCUT2D eigenvalue weighted by molar-refractivity contribution is 6.30. The number of halogens is 2. The second kappa shape index (κ2) is 11.1. The Bertz CT molecular complexity index is 1340. The Labute approximate surface area is 217 Å². The number of fused-ring (bicyclic) bond motifs is 3. The summed E-state index contributed by atoms with van der Waals surface area (Å²) in [6, 6.07) is 16.3. The number of aromatic nitrogens is 1. The van der Waals surface area contributed by atoms with Crippen LogP contribution in [0.2, 0.25) is 5.02 Å². The zero-order valence-corrected chi connectivity index (χ0v) is 21.6. The number of hydrogen-bond acceptors (Lipinski definition) is 3. The Morgan fingerprint density at radius 1 is 1.31 bits per heavy atom. The number of aromatic amines is 1. The molecule has 0 spiro atoms. The molecule has 5 N–H and O–H groups in total. The molecule has 5 nitrogen and oxygen atoms in total. The molecule has 0 saturated carbocycles. The van der Waals surface area contributed by atoms with E-state index in [9.17, 15) is 4.39 Å². The van der Waals surface area contributed by atoms with Gasteiger partial charge in [-0.1, -0.05) is 61.0 Å². The largest absolute Gasteiger partial charge is 0.382 e. The van der Waals surface area contributed by atoms with E-state index in [4.69, 9.17) is 17.3 Å². The second-order valence-electron chi connectivity index (χ2n) is 9.28. The summed E-state index contributed by atoms with van der Waals surface area (Å²) in [4.78, 5) is 3.66. The molecule has 36 heavy (non-hydrogen) atoms. The smallest absolute Gasteiger partial charge is 0.150 e. The lowest BCUT2D eigenvalue weighted by Crippen LogP contribution is -2.58. The number of hydrazone groups is 1. The van der Waals surface area contributed by atoms with Crippen molar-refractivity contribution in [2.24, 2.45) is 10.8 Å². The van der Waals surface area contributed by atoms with Gasteiger partial charge in [0.15, 0.2) is 5.84 Å². The van der Waals surface area contributed by atoms with Gasteiger partial charge in [-0.05, 0) is 68.2 Å². The number of nitrogens with two attached hydrogens (primary N) is 1. The molecule has 0 fully saturated rings. The molecule has 1 aromatic heterocycles. The average Bonchev–Trinajstić information content (AvgIpc) is 3.27. The van der Waals surface area contributed by atoms with E-state index in [0.29, 0.717) is 22.8 Å². The topological polar surface area (TPSA) is 78.2 Å². The van der Waals surface area contributed by atoms with E-state index in [-0.39, 0.29) is 12.1 Å². The van der Waals surface area contributed by atoms with Gasteiger partial charge in [-0.25, -0.2) is 4.39 Å². The third kappa shape index (κ3) is 5.25. The van der Waals surface area contributed by atoms with Crippen molar-refractivity contribution in [1.29, 1.82) is 0 Å². The molecule has 2 heterocycles. The summed E-state index contributed by atoms with van der Waals surface area (Å²) < 4.78 is 12.6. The summed E-state index contributed by atoms with van der Waals surface area (Å²) in [7, 11) is 0. The van der Waals surface area contributed by atoms with E-state index in [0.717, 1.165) is 29.6 Å². The van der Waals surface area contributed by atoms with Crippen LogP contribution in [0.3, 0.4) is 0 Å². The van der Waals surface area contributed by atoms with Crippen LogP contribution < -0.4 is 16.5 Å². The van der Waals surface area contributed by atoms with E-state index in [2.05, 4.69) is 58.9 Å². The molecule has 3 atom stereocenters. The zero-order chi connectivity index (χ0) is 25.7. The quantitative estimate of drug-likeness (QED) is 0.127. The van der Waals surface area contributed by atoms with Crippen LogP contribution >= 0.6 is 11.6 Å². The van der Waals surface area contributed by atoms with Crippen molar-refractivity contribution in [3.05, 3.63) is 107 Å². The molecule has 1 aliphatic rings. The van der Waals surface area contributed by atoms with Crippen LogP contribution in [0, 0.1) is 0 Å². The minimum atomic E-state index is -0.492. The second-order valence-corrected chi connectivity index (χ2v) is 9.72. The number of para-hydroxylation sites is 1. The lowest BCUT2D eigenvalue weighted by Gasteiger charge is -2.42. The van der Waals surface area contributed by atoms with Gasteiger partial charge in [0, 0.05) is 33.2 Å². The van der Waals surface area contributed by atoms with Crippen LogP contribution in [0.25, 0.3) is 10.9 Å². The first-order valence-electron chi connectivity index (χ1n) is 12.2. The van der Waals surface area contributed by atoms with Crippen molar-refractivity contribution >= 4 is 28.3 Å². The fraction of sp³-hybridized carbons (Fsp3) is 0.276. The van der Waals surface area contributed by atoms with E-state index in [1.807, 2.05) is 43.3 Å². The van der Waals surface area contributed by atoms with Crippen molar-refractivity contribution in [3.8, 4) is 0 Å². The number of allylic oxidation sites excluding steroid dienone is 3. The van der Waals surface area contributed by atoms with Crippen LogP contribution in [0.15, 0.2) is 89.8 Å². The molecule has 3 aromatic rings. The number of rotatable bonds is 8. The summed E-state index contributed by atoms with van der Waals surface area (Å²) >= 11 is 6.40. The summed E-state index contributed by atoms with van der Waals surface area (Å²) in [6.07, 6.45) is 8.84. The van der Waals surface area contributed by atoms with Gasteiger partial charge in [0.2, 0.25) is 0 Å². The van der Waals surface area contributed by atoms with Gasteiger partial charge in [0.1, 0.15) is 0 Å². The maximum atomic E-state index is 12.6. The van der Waals surface area contributed by atoms with Crippen LogP contribution in [0.5, 0.6) is 0 Å². The molecule has 7 heteroatoms. The van der Waals surface area contributed by atoms with Crippen LogP contribution in [0.4, 0.5) is 4.39 Å². The normalized spacial score (nSPS) is 21.9. The molecule has 0 saturated heterocycles. The first-order valence-corrected chi connectivity index (χ1v) is 12.6. The van der Waals surface area contributed by atoms with Crippen LogP contribution in [-0.2, 0) is 12.0 Å². The van der Waals surface area contributed by atoms with E-state index in [1.54, 1.807) is 6.08 Å². The van der Waals surface area contributed by atoms with Gasteiger partial charge in [-0.3, -0.25) is 5.32 Å². The predicted molar refractivity (Wildman–Crippen MR) is 149 cm³/mol. The fourth-order valence-electron chi connectivity index (χ4n) is 4.82. The number of H-pyrrole nitrogens is 1. The Hall–Kier alpha value is -3.35.